The summed E-state index contributed by atoms with van der Waals surface area (Å²) in [7, 11) is 0. The molecule has 0 spiro atoms. The van der Waals surface area contributed by atoms with Crippen molar-refractivity contribution in [3.8, 4) is 11.1 Å². The average molecular weight is 524 g/mol. The van der Waals surface area contributed by atoms with Crippen LogP contribution in [0.2, 0.25) is 0 Å². The topological polar surface area (TPSA) is 110 Å². The van der Waals surface area contributed by atoms with E-state index >= 15 is 0 Å². The van der Waals surface area contributed by atoms with Crippen LogP contribution in [0.4, 0.5) is 0 Å². The zero-order valence-electron chi connectivity index (χ0n) is 22.9. The highest BCUT2D eigenvalue weighted by molar-refractivity contribution is 5.87. The molecule has 0 aromatic heterocycles. The number of Topliss-reactive ketones (excluding diaryl/α,β-unsaturated/α-hetero) is 1. The van der Waals surface area contributed by atoms with Gasteiger partial charge in [0.15, 0.2) is 0 Å². The third-order valence-corrected chi connectivity index (χ3v) is 6.96. The van der Waals surface area contributed by atoms with Crippen LogP contribution in [0.15, 0.2) is 54.6 Å². The number of carboxylic acid groups (broad SMARTS) is 1. The van der Waals surface area contributed by atoms with E-state index in [0.717, 1.165) is 16.7 Å². The lowest BCUT2D eigenvalue weighted by Gasteiger charge is -2.22. The minimum absolute atomic E-state index is 0.0159. The Balaban J connectivity index is 2.03. The number of hydrogen-bond acceptors (Lipinski definition) is 5. The number of carboxylic acids is 1. The van der Waals surface area contributed by atoms with Crippen LogP contribution in [-0.4, -0.2) is 41.4 Å². The molecular formula is C31H41NO6. The van der Waals surface area contributed by atoms with Crippen LogP contribution in [0.3, 0.4) is 0 Å². The lowest BCUT2D eigenvalue weighted by Crippen LogP contribution is -2.39. The van der Waals surface area contributed by atoms with E-state index in [0.29, 0.717) is 19.3 Å². The summed E-state index contributed by atoms with van der Waals surface area (Å²) in [5.41, 5.74) is 3.22. The maximum absolute atomic E-state index is 12.8. The Morgan fingerprint density at radius 1 is 0.895 bits per heavy atom. The van der Waals surface area contributed by atoms with Crippen molar-refractivity contribution in [1.82, 2.24) is 5.32 Å². The molecule has 7 nitrogen and oxygen atoms in total. The molecule has 0 aliphatic rings. The fraction of sp³-hybridized carbons (Fsp3) is 0.484. The fourth-order valence-electron chi connectivity index (χ4n) is 4.47. The molecule has 2 aromatic carbocycles. The Bertz CT molecular complexity index is 1050. The second kappa shape index (κ2) is 15.7. The van der Waals surface area contributed by atoms with Crippen molar-refractivity contribution < 1.29 is 29.0 Å². The molecule has 0 bridgehead atoms. The van der Waals surface area contributed by atoms with Crippen LogP contribution in [0.5, 0.6) is 0 Å². The van der Waals surface area contributed by atoms with E-state index in [2.05, 4.69) is 5.32 Å². The van der Waals surface area contributed by atoms with Crippen molar-refractivity contribution in [2.45, 2.75) is 72.3 Å². The van der Waals surface area contributed by atoms with E-state index in [1.54, 1.807) is 13.8 Å². The van der Waals surface area contributed by atoms with E-state index in [-0.39, 0.29) is 55.5 Å². The Kier molecular flexibility index (Phi) is 12.7. The largest absolute Gasteiger partial charge is 0.481 e. The molecule has 2 N–H and O–H groups in total. The van der Waals surface area contributed by atoms with Crippen LogP contribution in [-0.2, 0) is 30.3 Å². The summed E-state index contributed by atoms with van der Waals surface area (Å²) in [6, 6.07) is 17.8. The number of rotatable bonds is 16. The van der Waals surface area contributed by atoms with Crippen LogP contribution < -0.4 is 5.32 Å². The molecule has 2 aromatic rings. The van der Waals surface area contributed by atoms with Crippen molar-refractivity contribution >= 4 is 23.6 Å². The minimum atomic E-state index is -0.983. The zero-order valence-corrected chi connectivity index (χ0v) is 22.9. The number of benzene rings is 2. The molecule has 1 amide bonds. The molecule has 38 heavy (non-hydrogen) atoms. The highest BCUT2D eigenvalue weighted by Gasteiger charge is 2.27. The second-order valence-electron chi connectivity index (χ2n) is 9.99. The standard InChI is InChI=1S/C31H41NO6/c1-5-21(3)28(30(35)36)20-27(33)16-17-29(34)32-26(18-22(4)31(37)38-6-2)19-23-12-14-25(15-13-23)24-10-8-7-9-11-24/h7-15,21-22,26,28H,5-6,16-20H2,1-4H3,(H,32,34)(H,35,36)/t21-,22+,26-,28-/m0/s1. The molecule has 206 valence electrons. The highest BCUT2D eigenvalue weighted by atomic mass is 16.5. The number of esters is 1. The quantitative estimate of drug-likeness (QED) is 0.283. The van der Waals surface area contributed by atoms with E-state index in [9.17, 15) is 24.3 Å². The van der Waals surface area contributed by atoms with Gasteiger partial charge in [0.2, 0.25) is 5.91 Å². The SMILES string of the molecule is CCOC(=O)[C@H](C)C[C@@H](Cc1ccc(-c2ccccc2)cc1)NC(=O)CCC(=O)C[C@H](C(=O)O)[C@@H](C)CC. The summed E-state index contributed by atoms with van der Waals surface area (Å²) in [6.07, 6.45) is 1.47. The van der Waals surface area contributed by atoms with Crippen LogP contribution in [0.1, 0.15) is 65.4 Å². The van der Waals surface area contributed by atoms with Crippen LogP contribution in [0.25, 0.3) is 11.1 Å². The van der Waals surface area contributed by atoms with Gasteiger partial charge in [0, 0.05) is 25.3 Å². The number of carbonyl (C=O) groups excluding carboxylic acids is 3. The summed E-state index contributed by atoms with van der Waals surface area (Å²) in [6.45, 7) is 7.54. The molecule has 7 heteroatoms. The van der Waals surface area contributed by atoms with E-state index in [1.807, 2.05) is 68.4 Å². The molecule has 4 atom stereocenters. The fourth-order valence-corrected chi connectivity index (χ4v) is 4.47. The van der Waals surface area contributed by atoms with E-state index in [1.165, 1.54) is 0 Å². The Labute approximate surface area is 226 Å². The molecule has 0 saturated heterocycles. The van der Waals surface area contributed by atoms with Gasteiger partial charge in [-0.3, -0.25) is 19.2 Å². The van der Waals surface area contributed by atoms with Gasteiger partial charge >= 0.3 is 11.9 Å². The number of ketones is 1. The van der Waals surface area contributed by atoms with Crippen molar-refractivity contribution in [3.63, 3.8) is 0 Å². The molecule has 0 heterocycles. The number of ether oxygens (including phenoxy) is 1. The van der Waals surface area contributed by atoms with Crippen molar-refractivity contribution in [3.05, 3.63) is 60.2 Å². The van der Waals surface area contributed by atoms with E-state index < -0.39 is 17.8 Å². The van der Waals surface area contributed by atoms with Crippen LogP contribution in [0, 0.1) is 17.8 Å². The maximum atomic E-state index is 12.8. The summed E-state index contributed by atoms with van der Waals surface area (Å²) in [5.74, 6) is -3.09. The van der Waals surface area contributed by atoms with Gasteiger partial charge in [-0.25, -0.2) is 0 Å². The zero-order chi connectivity index (χ0) is 28.1. The van der Waals surface area contributed by atoms with Gasteiger partial charge in [-0.15, -0.1) is 0 Å². The second-order valence-corrected chi connectivity index (χ2v) is 9.99. The summed E-state index contributed by atoms with van der Waals surface area (Å²) in [5, 5.41) is 12.4. The lowest BCUT2D eigenvalue weighted by atomic mass is 9.87. The van der Waals surface area contributed by atoms with Crippen molar-refractivity contribution in [1.29, 1.82) is 0 Å². The molecule has 2 rings (SSSR count). The Morgan fingerprint density at radius 2 is 1.53 bits per heavy atom. The third kappa shape index (κ3) is 10.1. The number of carbonyl (C=O) groups is 4. The minimum Gasteiger partial charge on any atom is -0.481 e. The molecule has 0 fully saturated rings. The van der Waals surface area contributed by atoms with Crippen molar-refractivity contribution in [2.24, 2.45) is 17.8 Å². The first-order valence-electron chi connectivity index (χ1n) is 13.5. The predicted octanol–water partition coefficient (Wildman–Crippen LogP) is 5.46. The summed E-state index contributed by atoms with van der Waals surface area (Å²) in [4.78, 5) is 49.0. The number of aliphatic carboxylic acids is 1. The normalized spacial score (nSPS) is 14.1. The summed E-state index contributed by atoms with van der Waals surface area (Å²) >= 11 is 0. The lowest BCUT2D eigenvalue weighted by molar-refractivity contribution is -0.148. The molecule has 0 radical (unpaired) electrons. The first-order chi connectivity index (χ1) is 18.1. The molecular weight excluding hydrogens is 482 g/mol. The van der Waals surface area contributed by atoms with Crippen LogP contribution >= 0.6 is 0 Å². The molecule has 0 aliphatic carbocycles. The van der Waals surface area contributed by atoms with Gasteiger partial charge in [0.05, 0.1) is 18.4 Å². The number of hydrogen-bond donors (Lipinski definition) is 2. The van der Waals surface area contributed by atoms with Gasteiger partial charge < -0.3 is 15.2 Å². The maximum Gasteiger partial charge on any atom is 0.308 e. The molecule has 0 unspecified atom stereocenters. The van der Waals surface area contributed by atoms with Crippen molar-refractivity contribution in [2.75, 3.05) is 6.61 Å². The van der Waals surface area contributed by atoms with Gasteiger partial charge in [-0.2, -0.15) is 0 Å². The van der Waals surface area contributed by atoms with Gasteiger partial charge in [-0.1, -0.05) is 81.8 Å². The smallest absolute Gasteiger partial charge is 0.308 e. The first-order valence-corrected chi connectivity index (χ1v) is 13.5. The number of amides is 1. The van der Waals surface area contributed by atoms with Gasteiger partial charge in [0.1, 0.15) is 5.78 Å². The third-order valence-electron chi connectivity index (χ3n) is 6.96. The Hall–Kier alpha value is -3.48. The average Bonchev–Trinajstić information content (AvgIpc) is 2.91. The first kappa shape index (κ1) is 30.7. The summed E-state index contributed by atoms with van der Waals surface area (Å²) < 4.78 is 5.14. The van der Waals surface area contributed by atoms with Gasteiger partial charge in [0.25, 0.3) is 0 Å². The molecule has 0 saturated carbocycles. The van der Waals surface area contributed by atoms with E-state index in [4.69, 9.17) is 4.74 Å². The van der Waals surface area contributed by atoms with Gasteiger partial charge in [-0.05, 0) is 42.4 Å². The highest BCUT2D eigenvalue weighted by Crippen LogP contribution is 2.22. The number of nitrogens with one attached hydrogen (secondary N) is 1. The monoisotopic (exact) mass is 523 g/mol. The Morgan fingerprint density at radius 3 is 2.11 bits per heavy atom. The predicted molar refractivity (Wildman–Crippen MR) is 147 cm³/mol. The molecule has 0 aliphatic heterocycles.